The van der Waals surface area contributed by atoms with Gasteiger partial charge in [-0.05, 0) is 42.9 Å². The largest absolute Gasteiger partial charge is 0.416 e. The normalized spacial score (nSPS) is 17.4. The number of thiazole rings is 1. The standard InChI is InChI=1S/C14H15F3N2S/c1-8(9-2-3-9)7-18-13-19-11-6-10(14(15,16)17)4-5-12(11)20-13/h4-6,8-9H,2-3,7H2,1H3,(H,18,19). The Morgan fingerprint density at radius 3 is 2.80 bits per heavy atom. The highest BCUT2D eigenvalue weighted by molar-refractivity contribution is 7.22. The van der Waals surface area contributed by atoms with Crippen LogP contribution in [0.15, 0.2) is 18.2 Å². The summed E-state index contributed by atoms with van der Waals surface area (Å²) in [6, 6.07) is 3.71. The maximum Gasteiger partial charge on any atom is 0.416 e. The zero-order chi connectivity index (χ0) is 14.3. The van der Waals surface area contributed by atoms with Gasteiger partial charge in [-0.3, -0.25) is 0 Å². The Hall–Kier alpha value is -1.30. The molecule has 2 nitrogen and oxygen atoms in total. The van der Waals surface area contributed by atoms with Crippen LogP contribution in [0, 0.1) is 11.8 Å². The van der Waals surface area contributed by atoms with Crippen LogP contribution in [0.2, 0.25) is 0 Å². The summed E-state index contributed by atoms with van der Waals surface area (Å²) in [7, 11) is 0. The molecule has 1 aliphatic carbocycles. The first-order valence-electron chi connectivity index (χ1n) is 6.65. The summed E-state index contributed by atoms with van der Waals surface area (Å²) in [6.45, 7) is 3.02. The fourth-order valence-electron chi connectivity index (χ4n) is 2.26. The Kier molecular flexibility index (Phi) is 3.36. The van der Waals surface area contributed by atoms with Crippen molar-refractivity contribution in [1.82, 2.24) is 4.98 Å². The molecule has 20 heavy (non-hydrogen) atoms. The zero-order valence-corrected chi connectivity index (χ0v) is 11.8. The van der Waals surface area contributed by atoms with Crippen LogP contribution < -0.4 is 5.32 Å². The summed E-state index contributed by atoms with van der Waals surface area (Å²) < 4.78 is 38.7. The second-order valence-corrected chi connectivity index (χ2v) is 6.43. The molecular formula is C14H15F3N2S. The van der Waals surface area contributed by atoms with E-state index in [9.17, 15) is 13.2 Å². The van der Waals surface area contributed by atoms with Crippen molar-refractivity contribution in [2.75, 3.05) is 11.9 Å². The lowest BCUT2D eigenvalue weighted by Crippen LogP contribution is -2.12. The van der Waals surface area contributed by atoms with Crippen LogP contribution in [-0.2, 0) is 6.18 Å². The molecular weight excluding hydrogens is 285 g/mol. The van der Waals surface area contributed by atoms with Crippen molar-refractivity contribution in [3.8, 4) is 0 Å². The molecule has 3 rings (SSSR count). The van der Waals surface area contributed by atoms with Crippen molar-refractivity contribution in [1.29, 1.82) is 0 Å². The molecule has 1 heterocycles. The van der Waals surface area contributed by atoms with Crippen molar-refractivity contribution >= 4 is 26.7 Å². The molecule has 1 aromatic heterocycles. The molecule has 1 unspecified atom stereocenters. The van der Waals surface area contributed by atoms with Crippen molar-refractivity contribution in [2.45, 2.75) is 25.9 Å². The molecule has 0 aliphatic heterocycles. The molecule has 0 bridgehead atoms. The van der Waals surface area contributed by atoms with Gasteiger partial charge < -0.3 is 5.32 Å². The van der Waals surface area contributed by atoms with E-state index < -0.39 is 11.7 Å². The first-order chi connectivity index (χ1) is 9.43. The third kappa shape index (κ3) is 2.90. The van der Waals surface area contributed by atoms with Crippen molar-refractivity contribution < 1.29 is 13.2 Å². The van der Waals surface area contributed by atoms with Crippen LogP contribution in [0.4, 0.5) is 18.3 Å². The van der Waals surface area contributed by atoms with E-state index in [-0.39, 0.29) is 0 Å². The second-order valence-electron chi connectivity index (χ2n) is 5.39. The number of aromatic nitrogens is 1. The molecule has 108 valence electrons. The van der Waals surface area contributed by atoms with Crippen molar-refractivity contribution in [3.05, 3.63) is 23.8 Å². The number of hydrogen-bond acceptors (Lipinski definition) is 3. The summed E-state index contributed by atoms with van der Waals surface area (Å²) in [5, 5.41) is 3.94. The molecule has 1 aliphatic rings. The quantitative estimate of drug-likeness (QED) is 0.879. The van der Waals surface area contributed by atoms with Gasteiger partial charge in [0.15, 0.2) is 5.13 Å². The van der Waals surface area contributed by atoms with Crippen LogP contribution in [0.3, 0.4) is 0 Å². The smallest absolute Gasteiger partial charge is 0.361 e. The maximum atomic E-state index is 12.6. The third-order valence-electron chi connectivity index (χ3n) is 3.72. The highest BCUT2D eigenvalue weighted by Gasteiger charge is 2.31. The minimum Gasteiger partial charge on any atom is -0.361 e. The Balaban J connectivity index is 1.76. The molecule has 0 saturated heterocycles. The van der Waals surface area contributed by atoms with Crippen LogP contribution in [-0.4, -0.2) is 11.5 Å². The lowest BCUT2D eigenvalue weighted by Gasteiger charge is -2.09. The Morgan fingerprint density at radius 2 is 2.15 bits per heavy atom. The van der Waals surface area contributed by atoms with Gasteiger partial charge >= 0.3 is 6.18 Å². The first kappa shape index (κ1) is 13.7. The van der Waals surface area contributed by atoms with Gasteiger partial charge in [-0.15, -0.1) is 0 Å². The van der Waals surface area contributed by atoms with Gasteiger partial charge in [0.1, 0.15) is 0 Å². The first-order valence-corrected chi connectivity index (χ1v) is 7.47. The number of alkyl halides is 3. The van der Waals surface area contributed by atoms with E-state index in [2.05, 4.69) is 17.2 Å². The van der Waals surface area contributed by atoms with Crippen molar-refractivity contribution in [3.63, 3.8) is 0 Å². The maximum absolute atomic E-state index is 12.6. The van der Waals surface area contributed by atoms with Gasteiger partial charge in [0.2, 0.25) is 0 Å². The van der Waals surface area contributed by atoms with E-state index in [0.717, 1.165) is 29.3 Å². The highest BCUT2D eigenvalue weighted by Crippen LogP contribution is 2.37. The SMILES string of the molecule is CC(CNc1nc2cc(C(F)(F)F)ccc2s1)C1CC1. The van der Waals surface area contributed by atoms with E-state index in [0.29, 0.717) is 16.6 Å². The molecule has 6 heteroatoms. The average Bonchev–Trinajstić information content (AvgIpc) is 3.14. The lowest BCUT2D eigenvalue weighted by molar-refractivity contribution is -0.137. The number of halogens is 3. The fraction of sp³-hybridized carbons (Fsp3) is 0.500. The third-order valence-corrected chi connectivity index (χ3v) is 4.71. The van der Waals surface area contributed by atoms with Gasteiger partial charge in [0.25, 0.3) is 0 Å². The Morgan fingerprint density at radius 1 is 1.40 bits per heavy atom. The van der Waals surface area contributed by atoms with Gasteiger partial charge in [-0.2, -0.15) is 13.2 Å². The minimum atomic E-state index is -4.31. The molecule has 1 N–H and O–H groups in total. The predicted molar refractivity (Wildman–Crippen MR) is 75.0 cm³/mol. The van der Waals surface area contributed by atoms with Crippen LogP contribution in [0.1, 0.15) is 25.3 Å². The van der Waals surface area contributed by atoms with Gasteiger partial charge in [-0.1, -0.05) is 18.3 Å². The molecule has 0 amide bonds. The summed E-state index contributed by atoms with van der Waals surface area (Å²) in [6.07, 6.45) is -1.73. The topological polar surface area (TPSA) is 24.9 Å². The van der Waals surface area contributed by atoms with E-state index in [1.54, 1.807) is 0 Å². The summed E-state index contributed by atoms with van der Waals surface area (Å²) in [5.41, 5.74) is -0.236. The molecule has 2 aromatic rings. The number of fused-ring (bicyclic) bond motifs is 1. The van der Waals surface area contributed by atoms with Gasteiger partial charge in [0, 0.05) is 6.54 Å². The van der Waals surface area contributed by atoms with E-state index in [4.69, 9.17) is 0 Å². The number of anilines is 1. The van der Waals surface area contributed by atoms with E-state index in [1.165, 1.54) is 30.2 Å². The van der Waals surface area contributed by atoms with Gasteiger partial charge in [-0.25, -0.2) is 4.98 Å². The Labute approximate surface area is 119 Å². The van der Waals surface area contributed by atoms with E-state index in [1.807, 2.05) is 0 Å². The fourth-order valence-corrected chi connectivity index (χ4v) is 3.11. The number of benzene rings is 1. The zero-order valence-electron chi connectivity index (χ0n) is 11.0. The molecule has 0 spiro atoms. The highest BCUT2D eigenvalue weighted by atomic mass is 32.1. The molecule has 1 atom stereocenters. The second kappa shape index (κ2) is 4.91. The van der Waals surface area contributed by atoms with Crippen LogP contribution in [0.25, 0.3) is 10.2 Å². The molecule has 1 fully saturated rings. The van der Waals surface area contributed by atoms with Crippen molar-refractivity contribution in [2.24, 2.45) is 11.8 Å². The average molecular weight is 300 g/mol. The van der Waals surface area contributed by atoms with Crippen LogP contribution >= 0.6 is 11.3 Å². The van der Waals surface area contributed by atoms with Gasteiger partial charge in [0.05, 0.1) is 15.8 Å². The number of nitrogens with zero attached hydrogens (tertiary/aromatic N) is 1. The summed E-state index contributed by atoms with van der Waals surface area (Å²) in [4.78, 5) is 4.25. The van der Waals surface area contributed by atoms with E-state index >= 15 is 0 Å². The monoisotopic (exact) mass is 300 g/mol. The number of hydrogen-bond donors (Lipinski definition) is 1. The number of rotatable bonds is 4. The molecule has 1 aromatic carbocycles. The Bertz CT molecular complexity index is 616. The minimum absolute atomic E-state index is 0.409. The predicted octanol–water partition coefficient (Wildman–Crippen LogP) is 4.77. The number of nitrogens with one attached hydrogen (secondary N) is 1. The molecule has 1 saturated carbocycles. The van der Waals surface area contributed by atoms with Crippen LogP contribution in [0.5, 0.6) is 0 Å². The lowest BCUT2D eigenvalue weighted by atomic mass is 10.1. The molecule has 0 radical (unpaired) electrons. The summed E-state index contributed by atoms with van der Waals surface area (Å²) in [5.74, 6) is 1.39. The summed E-state index contributed by atoms with van der Waals surface area (Å²) >= 11 is 1.40.